The first-order chi connectivity index (χ1) is 11.7. The van der Waals surface area contributed by atoms with Gasteiger partial charge in [-0.15, -0.1) is 37.2 Å². The first-order valence-corrected chi connectivity index (χ1v) is 8.28. The van der Waals surface area contributed by atoms with Gasteiger partial charge in [0.25, 0.3) is 11.7 Å². The van der Waals surface area contributed by atoms with Crippen molar-refractivity contribution in [3.05, 3.63) is 48.3 Å². The predicted octanol–water partition coefficient (Wildman–Crippen LogP) is 3.89. The molecule has 2 heterocycles. The molecule has 5 nitrogen and oxygen atoms in total. The van der Waals surface area contributed by atoms with Gasteiger partial charge in [0, 0.05) is 25.5 Å². The molecule has 0 saturated carbocycles. The lowest BCUT2D eigenvalue weighted by atomic mass is 10.0. The Morgan fingerprint density at radius 3 is 2.15 bits per heavy atom. The Hall–Kier alpha value is -1.66. The van der Waals surface area contributed by atoms with Crippen LogP contribution in [0.2, 0.25) is 0 Å². The maximum absolute atomic E-state index is 12.4. The van der Waals surface area contributed by atoms with Gasteiger partial charge in [0.05, 0.1) is 11.3 Å². The summed E-state index contributed by atoms with van der Waals surface area (Å²) < 4.78 is 0. The summed E-state index contributed by atoms with van der Waals surface area (Å²) in [5.41, 5.74) is 3.11. The summed E-state index contributed by atoms with van der Waals surface area (Å²) in [6.07, 6.45) is 3.43. The number of amides is 1. The third-order valence-electron chi connectivity index (χ3n) is 4.52. The number of likely N-dealkylation sites (N-methyl/N-ethyl adjacent to an activating group) is 1. The molecule has 27 heavy (non-hydrogen) atoms. The number of Topliss-reactive ketones (excluding diaryl/α,β-unsaturated/α-hetero) is 1. The Labute approximate surface area is 178 Å². The minimum Gasteiger partial charge on any atom is -0.303 e. The topological polar surface area (TPSA) is 53.5 Å². The number of carbonyl (C=O) groups is 2. The highest BCUT2D eigenvalue weighted by atomic mass is 35.5. The number of benzene rings is 1. The van der Waals surface area contributed by atoms with E-state index in [1.807, 2.05) is 30.3 Å². The van der Waals surface area contributed by atoms with Crippen molar-refractivity contribution in [2.24, 2.45) is 0 Å². The molecule has 1 aromatic carbocycles. The van der Waals surface area contributed by atoms with Crippen LogP contribution in [-0.4, -0.2) is 47.8 Å². The summed E-state index contributed by atoms with van der Waals surface area (Å²) in [7, 11) is 0. The molecule has 1 aromatic heterocycles. The zero-order valence-electron chi connectivity index (χ0n) is 15.3. The summed E-state index contributed by atoms with van der Waals surface area (Å²) in [5.74, 6) is -0.843. The molecule has 8 heteroatoms. The van der Waals surface area contributed by atoms with Crippen molar-refractivity contribution in [2.45, 2.75) is 13.8 Å². The molecule has 3 rings (SSSR count). The van der Waals surface area contributed by atoms with Gasteiger partial charge in [0.1, 0.15) is 0 Å². The van der Waals surface area contributed by atoms with Gasteiger partial charge in [-0.25, -0.2) is 0 Å². The second-order valence-corrected chi connectivity index (χ2v) is 5.78. The highest BCUT2D eigenvalue weighted by molar-refractivity contribution is 6.52. The van der Waals surface area contributed by atoms with Gasteiger partial charge in [0.2, 0.25) is 0 Å². The van der Waals surface area contributed by atoms with Crippen LogP contribution in [-0.2, 0) is 4.79 Å². The number of pyridine rings is 1. The molecule has 0 N–H and O–H groups in total. The predicted molar refractivity (Wildman–Crippen MR) is 116 cm³/mol. The number of carbonyl (C=O) groups excluding carboxylic acids is 2. The highest BCUT2D eigenvalue weighted by Crippen LogP contribution is 2.32. The molecular weight excluding hydrogens is 409 g/mol. The van der Waals surface area contributed by atoms with Crippen molar-refractivity contribution in [3.63, 3.8) is 0 Å². The molecule has 1 aliphatic rings. The number of anilines is 1. The van der Waals surface area contributed by atoms with Crippen molar-refractivity contribution in [2.75, 3.05) is 31.1 Å². The van der Waals surface area contributed by atoms with Crippen LogP contribution in [0.4, 0.5) is 5.69 Å². The van der Waals surface area contributed by atoms with E-state index in [4.69, 9.17) is 0 Å². The summed E-state index contributed by atoms with van der Waals surface area (Å²) in [6.45, 7) is 7.34. The quantitative estimate of drug-likeness (QED) is 0.650. The van der Waals surface area contributed by atoms with Gasteiger partial charge in [-0.1, -0.05) is 19.9 Å². The fourth-order valence-corrected chi connectivity index (χ4v) is 3.03. The van der Waals surface area contributed by atoms with Gasteiger partial charge in [0.15, 0.2) is 0 Å². The van der Waals surface area contributed by atoms with Crippen LogP contribution >= 0.6 is 37.2 Å². The number of aromatic nitrogens is 1. The summed E-state index contributed by atoms with van der Waals surface area (Å²) in [6, 6.07) is 9.41. The Kier molecular flexibility index (Phi) is 10.6. The number of hydrogen-bond donors (Lipinski definition) is 0. The third kappa shape index (κ3) is 5.20. The van der Waals surface area contributed by atoms with E-state index in [2.05, 4.69) is 23.7 Å². The summed E-state index contributed by atoms with van der Waals surface area (Å²) in [4.78, 5) is 32.6. The van der Waals surface area contributed by atoms with Crippen LogP contribution in [0.15, 0.2) is 42.7 Å². The largest absolute Gasteiger partial charge is 0.303 e. The molecule has 0 spiro atoms. The standard InChI is InChI=1S/C19H21N3O2.3ClH/c1-3-21(4-2)11-12-22-17-6-5-15(14-7-9-20-10-8-14)13-16(17)18(23)19(22)24;;;/h5-10,13H,3-4,11-12H2,1-2H3;3*1H. The molecule has 1 aliphatic heterocycles. The van der Waals surface area contributed by atoms with Crippen LogP contribution in [0, 0.1) is 0 Å². The first kappa shape index (κ1) is 25.3. The Morgan fingerprint density at radius 2 is 1.56 bits per heavy atom. The third-order valence-corrected chi connectivity index (χ3v) is 4.52. The zero-order valence-corrected chi connectivity index (χ0v) is 17.7. The molecule has 2 aromatic rings. The zero-order chi connectivity index (χ0) is 17.1. The van der Waals surface area contributed by atoms with Crippen molar-refractivity contribution < 1.29 is 9.59 Å². The van der Waals surface area contributed by atoms with Crippen molar-refractivity contribution >= 4 is 54.6 Å². The van der Waals surface area contributed by atoms with Gasteiger partial charge in [-0.2, -0.15) is 0 Å². The van der Waals surface area contributed by atoms with E-state index in [-0.39, 0.29) is 37.2 Å². The van der Waals surface area contributed by atoms with E-state index in [0.717, 1.165) is 36.4 Å². The highest BCUT2D eigenvalue weighted by Gasteiger charge is 2.35. The van der Waals surface area contributed by atoms with Gasteiger partial charge in [-0.3, -0.25) is 14.6 Å². The van der Waals surface area contributed by atoms with Crippen LogP contribution in [0.5, 0.6) is 0 Å². The lowest BCUT2D eigenvalue weighted by Gasteiger charge is -2.23. The van der Waals surface area contributed by atoms with Crippen LogP contribution in [0.1, 0.15) is 24.2 Å². The molecule has 0 fully saturated rings. The lowest BCUT2D eigenvalue weighted by Crippen LogP contribution is -2.38. The number of hydrogen-bond acceptors (Lipinski definition) is 4. The van der Waals surface area contributed by atoms with Crippen LogP contribution < -0.4 is 4.90 Å². The minimum absolute atomic E-state index is 0. The van der Waals surface area contributed by atoms with Crippen LogP contribution in [0.25, 0.3) is 11.1 Å². The number of ketones is 1. The fourth-order valence-electron chi connectivity index (χ4n) is 3.03. The molecule has 0 unspecified atom stereocenters. The molecule has 0 saturated heterocycles. The van der Waals surface area contributed by atoms with E-state index in [1.54, 1.807) is 17.3 Å². The molecule has 0 radical (unpaired) electrons. The van der Waals surface area contributed by atoms with Crippen molar-refractivity contribution in [1.82, 2.24) is 9.88 Å². The van der Waals surface area contributed by atoms with E-state index in [0.29, 0.717) is 12.1 Å². The van der Waals surface area contributed by atoms with E-state index >= 15 is 0 Å². The Balaban J connectivity index is 0.00000225. The maximum atomic E-state index is 12.4. The SMILES string of the molecule is CCN(CC)CCN1C(=O)C(=O)c2cc(-c3ccncc3)ccc21.Cl.Cl.Cl. The summed E-state index contributed by atoms with van der Waals surface area (Å²) >= 11 is 0. The van der Waals surface area contributed by atoms with Crippen molar-refractivity contribution in [3.8, 4) is 11.1 Å². The van der Waals surface area contributed by atoms with Crippen LogP contribution in [0.3, 0.4) is 0 Å². The molecule has 1 amide bonds. The number of rotatable bonds is 6. The number of nitrogens with zero attached hydrogens (tertiary/aromatic N) is 3. The minimum atomic E-state index is -0.427. The molecular formula is C19H24Cl3N3O2. The second kappa shape index (κ2) is 11.2. The van der Waals surface area contributed by atoms with E-state index in [9.17, 15) is 9.59 Å². The Bertz CT molecular complexity index is 768. The van der Waals surface area contributed by atoms with Gasteiger partial charge < -0.3 is 9.80 Å². The lowest BCUT2D eigenvalue weighted by molar-refractivity contribution is -0.114. The summed E-state index contributed by atoms with van der Waals surface area (Å²) in [5, 5.41) is 0. The molecule has 0 atom stereocenters. The molecule has 0 bridgehead atoms. The first-order valence-electron chi connectivity index (χ1n) is 8.28. The normalized spacial score (nSPS) is 12.2. The van der Waals surface area contributed by atoms with E-state index < -0.39 is 11.7 Å². The van der Waals surface area contributed by atoms with Gasteiger partial charge in [-0.05, 0) is 48.5 Å². The number of fused-ring (bicyclic) bond motifs is 1. The smallest absolute Gasteiger partial charge is 0.299 e. The number of halogens is 3. The fraction of sp³-hybridized carbons (Fsp3) is 0.316. The van der Waals surface area contributed by atoms with Gasteiger partial charge >= 0.3 is 0 Å². The average Bonchev–Trinajstić information content (AvgIpc) is 2.87. The van der Waals surface area contributed by atoms with Crippen molar-refractivity contribution in [1.29, 1.82) is 0 Å². The van der Waals surface area contributed by atoms with E-state index in [1.165, 1.54) is 0 Å². The average molecular weight is 433 g/mol. The second-order valence-electron chi connectivity index (χ2n) is 5.78. The Morgan fingerprint density at radius 1 is 0.926 bits per heavy atom. The molecule has 148 valence electrons. The maximum Gasteiger partial charge on any atom is 0.299 e. The monoisotopic (exact) mass is 431 g/mol. The molecule has 0 aliphatic carbocycles.